The molecule has 0 aromatic heterocycles. The van der Waals surface area contributed by atoms with Crippen molar-refractivity contribution in [3.63, 3.8) is 0 Å². The van der Waals surface area contributed by atoms with Crippen LogP contribution in [0.3, 0.4) is 0 Å². The first kappa shape index (κ1) is 13.9. The standard InChI is InChI=1S/C11H16INO2S/c1-10-6-2-3-7-11(10)16(14,15)13-9-5-4-8-12/h2-3,6-7,13H,4-5,8-9H2,1H3. The van der Waals surface area contributed by atoms with Gasteiger partial charge in [0.15, 0.2) is 0 Å². The summed E-state index contributed by atoms with van der Waals surface area (Å²) in [6.45, 7) is 2.32. The molecule has 1 rings (SSSR count). The van der Waals surface area contributed by atoms with Crippen molar-refractivity contribution in [1.82, 2.24) is 4.72 Å². The van der Waals surface area contributed by atoms with Gasteiger partial charge in [0.2, 0.25) is 10.0 Å². The first-order valence-corrected chi connectivity index (χ1v) is 8.20. The Bertz CT molecular complexity index is 431. The Balaban J connectivity index is 2.68. The Labute approximate surface area is 111 Å². The number of alkyl halides is 1. The Morgan fingerprint density at radius 2 is 1.94 bits per heavy atom. The summed E-state index contributed by atoms with van der Waals surface area (Å²) in [6.07, 6.45) is 1.92. The summed E-state index contributed by atoms with van der Waals surface area (Å²) in [5.74, 6) is 0. The zero-order valence-corrected chi connectivity index (χ0v) is 12.2. The van der Waals surface area contributed by atoms with E-state index in [1.165, 1.54) is 0 Å². The van der Waals surface area contributed by atoms with E-state index in [9.17, 15) is 8.42 Å². The molecular formula is C11H16INO2S. The maximum absolute atomic E-state index is 11.9. The van der Waals surface area contributed by atoms with Crippen molar-refractivity contribution < 1.29 is 8.42 Å². The Morgan fingerprint density at radius 1 is 1.25 bits per heavy atom. The van der Waals surface area contributed by atoms with Crippen LogP contribution in [-0.2, 0) is 10.0 Å². The number of nitrogens with one attached hydrogen (secondary N) is 1. The van der Waals surface area contributed by atoms with Crippen LogP contribution in [0.5, 0.6) is 0 Å². The molecule has 0 spiro atoms. The predicted octanol–water partition coefficient (Wildman–Crippen LogP) is 2.49. The van der Waals surface area contributed by atoms with Crippen LogP contribution in [0.2, 0.25) is 0 Å². The fourth-order valence-electron chi connectivity index (χ4n) is 1.36. The first-order valence-electron chi connectivity index (χ1n) is 5.19. The topological polar surface area (TPSA) is 46.2 Å². The van der Waals surface area contributed by atoms with Crippen molar-refractivity contribution in [3.8, 4) is 0 Å². The second kappa shape index (κ2) is 6.56. The highest BCUT2D eigenvalue weighted by Crippen LogP contribution is 2.13. The Kier molecular flexibility index (Phi) is 5.71. The molecule has 0 aliphatic carbocycles. The van der Waals surface area contributed by atoms with E-state index in [2.05, 4.69) is 27.3 Å². The van der Waals surface area contributed by atoms with Crippen LogP contribution in [0, 0.1) is 6.92 Å². The average Bonchev–Trinajstić information content (AvgIpc) is 2.25. The summed E-state index contributed by atoms with van der Waals surface area (Å²) in [5.41, 5.74) is 0.781. The monoisotopic (exact) mass is 353 g/mol. The SMILES string of the molecule is Cc1ccccc1S(=O)(=O)NCCCCI. The van der Waals surface area contributed by atoms with E-state index in [1.807, 2.05) is 6.07 Å². The van der Waals surface area contributed by atoms with Crippen LogP contribution < -0.4 is 4.72 Å². The highest BCUT2D eigenvalue weighted by Gasteiger charge is 2.14. The number of unbranched alkanes of at least 4 members (excludes halogenated alkanes) is 1. The maximum Gasteiger partial charge on any atom is 0.240 e. The van der Waals surface area contributed by atoms with Crippen molar-refractivity contribution >= 4 is 32.6 Å². The molecule has 0 saturated carbocycles. The van der Waals surface area contributed by atoms with Gasteiger partial charge in [0.1, 0.15) is 0 Å². The van der Waals surface area contributed by atoms with Gasteiger partial charge >= 0.3 is 0 Å². The number of sulfonamides is 1. The molecule has 1 aromatic carbocycles. The second-order valence-electron chi connectivity index (χ2n) is 3.56. The molecule has 5 heteroatoms. The third-order valence-electron chi connectivity index (χ3n) is 2.24. The molecule has 0 heterocycles. The van der Waals surface area contributed by atoms with Gasteiger partial charge in [0, 0.05) is 6.54 Å². The third-order valence-corrected chi connectivity index (χ3v) is 4.62. The number of hydrogen-bond acceptors (Lipinski definition) is 2. The number of halogens is 1. The van der Waals surface area contributed by atoms with Crippen LogP contribution in [0.15, 0.2) is 29.2 Å². The lowest BCUT2D eigenvalue weighted by atomic mass is 10.2. The molecule has 1 N–H and O–H groups in total. The first-order chi connectivity index (χ1) is 7.58. The van der Waals surface area contributed by atoms with Crippen LogP contribution in [0.4, 0.5) is 0 Å². The molecule has 16 heavy (non-hydrogen) atoms. The van der Waals surface area contributed by atoms with Gasteiger partial charge in [-0.2, -0.15) is 0 Å². The van der Waals surface area contributed by atoms with E-state index in [0.29, 0.717) is 11.4 Å². The third kappa shape index (κ3) is 4.03. The summed E-state index contributed by atoms with van der Waals surface area (Å²) in [4.78, 5) is 0.379. The summed E-state index contributed by atoms with van der Waals surface area (Å²) >= 11 is 2.29. The van der Waals surface area contributed by atoms with Gasteiger partial charge in [0.05, 0.1) is 4.90 Å². The van der Waals surface area contributed by atoms with Crippen molar-refractivity contribution in [3.05, 3.63) is 29.8 Å². The largest absolute Gasteiger partial charge is 0.240 e. The average molecular weight is 353 g/mol. The minimum atomic E-state index is -3.32. The van der Waals surface area contributed by atoms with Crippen LogP contribution in [0.25, 0.3) is 0 Å². The van der Waals surface area contributed by atoms with Crippen molar-refractivity contribution in [1.29, 1.82) is 0 Å². The van der Waals surface area contributed by atoms with Gasteiger partial charge in [0.25, 0.3) is 0 Å². The summed E-state index contributed by atoms with van der Waals surface area (Å²) < 4.78 is 27.5. The second-order valence-corrected chi connectivity index (χ2v) is 6.37. The molecule has 90 valence electrons. The molecule has 1 aromatic rings. The normalized spacial score (nSPS) is 11.6. The fourth-order valence-corrected chi connectivity index (χ4v) is 3.22. The number of aryl methyl sites for hydroxylation is 1. The molecular weight excluding hydrogens is 337 g/mol. The van der Waals surface area contributed by atoms with Gasteiger partial charge in [-0.1, -0.05) is 40.8 Å². The van der Waals surface area contributed by atoms with E-state index < -0.39 is 10.0 Å². The van der Waals surface area contributed by atoms with E-state index >= 15 is 0 Å². The Morgan fingerprint density at radius 3 is 2.56 bits per heavy atom. The molecule has 0 radical (unpaired) electrons. The molecule has 0 atom stereocenters. The van der Waals surface area contributed by atoms with Crippen molar-refractivity contribution in [2.24, 2.45) is 0 Å². The molecule has 0 bridgehead atoms. The van der Waals surface area contributed by atoms with Gasteiger partial charge in [-0.3, -0.25) is 0 Å². The van der Waals surface area contributed by atoms with Gasteiger partial charge in [-0.25, -0.2) is 13.1 Å². The lowest BCUT2D eigenvalue weighted by molar-refractivity contribution is 0.578. The quantitative estimate of drug-likeness (QED) is 0.485. The van der Waals surface area contributed by atoms with E-state index in [1.54, 1.807) is 25.1 Å². The number of benzene rings is 1. The summed E-state index contributed by atoms with van der Waals surface area (Å²) in [7, 11) is -3.32. The Hall–Kier alpha value is -0.140. The van der Waals surface area contributed by atoms with E-state index in [4.69, 9.17) is 0 Å². The van der Waals surface area contributed by atoms with Gasteiger partial charge < -0.3 is 0 Å². The molecule has 3 nitrogen and oxygen atoms in total. The van der Waals surface area contributed by atoms with Crippen LogP contribution >= 0.6 is 22.6 Å². The van der Waals surface area contributed by atoms with Gasteiger partial charge in [-0.05, 0) is 35.8 Å². The zero-order chi connectivity index (χ0) is 12.0. The molecule has 0 amide bonds. The van der Waals surface area contributed by atoms with Crippen LogP contribution in [-0.4, -0.2) is 19.4 Å². The molecule has 0 aliphatic heterocycles. The van der Waals surface area contributed by atoms with Crippen molar-refractivity contribution in [2.45, 2.75) is 24.7 Å². The lowest BCUT2D eigenvalue weighted by Gasteiger charge is -2.08. The lowest BCUT2D eigenvalue weighted by Crippen LogP contribution is -2.25. The number of rotatable bonds is 6. The molecule has 0 saturated heterocycles. The van der Waals surface area contributed by atoms with E-state index in [-0.39, 0.29) is 0 Å². The smallest absolute Gasteiger partial charge is 0.211 e. The predicted molar refractivity (Wildman–Crippen MR) is 74.5 cm³/mol. The van der Waals surface area contributed by atoms with Gasteiger partial charge in [-0.15, -0.1) is 0 Å². The fraction of sp³-hybridized carbons (Fsp3) is 0.455. The maximum atomic E-state index is 11.9. The summed E-state index contributed by atoms with van der Waals surface area (Å²) in [6, 6.07) is 7.02. The van der Waals surface area contributed by atoms with Crippen LogP contribution in [0.1, 0.15) is 18.4 Å². The minimum Gasteiger partial charge on any atom is -0.211 e. The summed E-state index contributed by atoms with van der Waals surface area (Å²) in [5, 5.41) is 0. The highest BCUT2D eigenvalue weighted by molar-refractivity contribution is 14.1. The molecule has 0 aliphatic rings. The minimum absolute atomic E-state index is 0.379. The molecule has 0 unspecified atom stereocenters. The highest BCUT2D eigenvalue weighted by atomic mass is 127. The zero-order valence-electron chi connectivity index (χ0n) is 9.24. The molecule has 0 fully saturated rings. The number of hydrogen-bond donors (Lipinski definition) is 1. The van der Waals surface area contributed by atoms with E-state index in [0.717, 1.165) is 22.8 Å². The van der Waals surface area contributed by atoms with Crippen molar-refractivity contribution in [2.75, 3.05) is 11.0 Å².